The highest BCUT2D eigenvalue weighted by Gasteiger charge is 2.24. The largest absolute Gasteiger partial charge is 0.480 e. The van der Waals surface area contributed by atoms with E-state index in [4.69, 9.17) is 5.11 Å². The van der Waals surface area contributed by atoms with Crippen LogP contribution in [0.15, 0.2) is 0 Å². The highest BCUT2D eigenvalue weighted by molar-refractivity contribution is 7.93. The van der Waals surface area contributed by atoms with E-state index in [0.717, 1.165) is 42.5 Å². The molecule has 1 aliphatic carbocycles. The van der Waals surface area contributed by atoms with Crippen LogP contribution in [0, 0.1) is 11.3 Å². The maximum absolute atomic E-state index is 11.7. The first kappa shape index (κ1) is 14.8. The monoisotopic (exact) mass is 314 g/mol. The Morgan fingerprint density at radius 3 is 2.70 bits per heavy atom. The van der Waals surface area contributed by atoms with Crippen molar-refractivity contribution in [2.75, 3.05) is 10.5 Å². The van der Waals surface area contributed by atoms with Crippen molar-refractivity contribution >= 4 is 32.3 Å². The summed E-state index contributed by atoms with van der Waals surface area (Å²) in [5.74, 6) is -2.42. The van der Waals surface area contributed by atoms with E-state index in [-0.39, 0.29) is 5.00 Å². The van der Waals surface area contributed by atoms with Gasteiger partial charge in [0.2, 0.25) is 10.0 Å². The minimum absolute atomic E-state index is 0.251. The Balaban J connectivity index is 2.34. The molecule has 1 heterocycles. The van der Waals surface area contributed by atoms with Crippen LogP contribution in [-0.2, 0) is 27.7 Å². The average molecular weight is 314 g/mol. The third kappa shape index (κ3) is 3.29. The Morgan fingerprint density at radius 1 is 1.35 bits per heavy atom. The summed E-state index contributed by atoms with van der Waals surface area (Å²) in [6.45, 7) is 0. The van der Waals surface area contributed by atoms with Crippen LogP contribution in [0.2, 0.25) is 0 Å². The Kier molecular flexibility index (Phi) is 4.30. The second kappa shape index (κ2) is 5.81. The molecule has 0 aromatic carbocycles. The number of aryl methyl sites for hydroxylation is 1. The van der Waals surface area contributed by atoms with Gasteiger partial charge in [-0.2, -0.15) is 5.26 Å². The van der Waals surface area contributed by atoms with Crippen molar-refractivity contribution in [2.24, 2.45) is 0 Å². The molecule has 0 atom stereocenters. The first-order valence-electron chi connectivity index (χ1n) is 6.20. The normalized spacial score (nSPS) is 14.9. The molecule has 0 spiro atoms. The standard InChI is InChI=1S/C12H14N2O4S2/c13-6-9-8-4-2-1-3-5-10(8)19-12(9)14-20(17,18)7-11(15)16/h14H,1-5,7H2,(H,15,16). The summed E-state index contributed by atoms with van der Waals surface area (Å²) in [6, 6.07) is 2.04. The van der Waals surface area contributed by atoms with Gasteiger partial charge in [-0.3, -0.25) is 9.52 Å². The van der Waals surface area contributed by atoms with E-state index in [0.29, 0.717) is 5.56 Å². The van der Waals surface area contributed by atoms with E-state index < -0.39 is 21.7 Å². The summed E-state index contributed by atoms with van der Waals surface area (Å²) >= 11 is 1.25. The number of sulfonamides is 1. The minimum atomic E-state index is -3.97. The van der Waals surface area contributed by atoms with Crippen LogP contribution in [0.5, 0.6) is 0 Å². The van der Waals surface area contributed by atoms with E-state index in [1.165, 1.54) is 11.3 Å². The molecular weight excluding hydrogens is 300 g/mol. The highest BCUT2D eigenvalue weighted by atomic mass is 32.2. The zero-order chi connectivity index (χ0) is 14.8. The molecule has 2 rings (SSSR count). The molecular formula is C12H14N2O4S2. The summed E-state index contributed by atoms with van der Waals surface area (Å²) in [4.78, 5) is 11.6. The molecule has 0 radical (unpaired) electrons. The molecule has 6 nitrogen and oxygen atoms in total. The lowest BCUT2D eigenvalue weighted by Crippen LogP contribution is -2.22. The second-order valence-electron chi connectivity index (χ2n) is 4.64. The third-order valence-electron chi connectivity index (χ3n) is 3.09. The smallest absolute Gasteiger partial charge is 0.320 e. The van der Waals surface area contributed by atoms with Crippen LogP contribution in [-0.4, -0.2) is 25.2 Å². The molecule has 1 aromatic rings. The predicted octanol–water partition coefficient (Wildman–Crippen LogP) is 1.71. The fraction of sp³-hybridized carbons (Fsp3) is 0.500. The molecule has 0 fully saturated rings. The van der Waals surface area contributed by atoms with E-state index in [1.807, 2.05) is 6.07 Å². The molecule has 0 bridgehead atoms. The fourth-order valence-corrected chi connectivity index (χ4v) is 4.69. The molecule has 1 aliphatic rings. The van der Waals surface area contributed by atoms with E-state index in [9.17, 15) is 18.5 Å². The molecule has 0 aliphatic heterocycles. The number of nitrogens with zero attached hydrogens (tertiary/aromatic N) is 1. The molecule has 0 amide bonds. The van der Waals surface area contributed by atoms with Crippen LogP contribution in [0.3, 0.4) is 0 Å². The Labute approximate surface area is 121 Å². The van der Waals surface area contributed by atoms with Gasteiger partial charge in [-0.1, -0.05) is 6.42 Å². The molecule has 0 saturated heterocycles. The second-order valence-corrected chi connectivity index (χ2v) is 7.46. The average Bonchev–Trinajstić information content (AvgIpc) is 2.50. The van der Waals surface area contributed by atoms with Crippen molar-refractivity contribution in [3.8, 4) is 6.07 Å². The van der Waals surface area contributed by atoms with Gasteiger partial charge in [0.15, 0.2) is 5.75 Å². The summed E-state index contributed by atoms with van der Waals surface area (Å²) in [5.41, 5.74) is 1.27. The van der Waals surface area contributed by atoms with E-state index in [2.05, 4.69) is 4.72 Å². The van der Waals surface area contributed by atoms with Crippen molar-refractivity contribution in [1.82, 2.24) is 0 Å². The van der Waals surface area contributed by atoms with Gasteiger partial charge in [-0.15, -0.1) is 11.3 Å². The molecule has 1 aromatic heterocycles. The number of thiophene rings is 1. The van der Waals surface area contributed by atoms with Crippen molar-refractivity contribution < 1.29 is 18.3 Å². The van der Waals surface area contributed by atoms with E-state index in [1.54, 1.807) is 0 Å². The third-order valence-corrected chi connectivity index (χ3v) is 5.57. The highest BCUT2D eigenvalue weighted by Crippen LogP contribution is 2.37. The number of rotatable bonds is 4. The molecule has 20 heavy (non-hydrogen) atoms. The number of aliphatic carboxylic acids is 1. The Bertz CT molecular complexity index is 670. The van der Waals surface area contributed by atoms with Crippen molar-refractivity contribution in [2.45, 2.75) is 32.1 Å². The quantitative estimate of drug-likeness (QED) is 0.823. The summed E-state index contributed by atoms with van der Waals surface area (Å²) < 4.78 is 25.6. The Hall–Kier alpha value is -1.59. The SMILES string of the molecule is N#Cc1c(NS(=O)(=O)CC(=O)O)sc2c1CCCCC2. The minimum Gasteiger partial charge on any atom is -0.480 e. The van der Waals surface area contributed by atoms with Gasteiger partial charge >= 0.3 is 5.97 Å². The Morgan fingerprint density at radius 2 is 2.05 bits per heavy atom. The van der Waals surface area contributed by atoms with Gasteiger partial charge in [0, 0.05) is 4.88 Å². The number of carboxylic acids is 1. The first-order valence-corrected chi connectivity index (χ1v) is 8.67. The van der Waals surface area contributed by atoms with Crippen molar-refractivity contribution in [3.05, 3.63) is 16.0 Å². The van der Waals surface area contributed by atoms with Crippen molar-refractivity contribution in [1.29, 1.82) is 5.26 Å². The van der Waals surface area contributed by atoms with Crippen LogP contribution in [0.1, 0.15) is 35.3 Å². The van der Waals surface area contributed by atoms with Crippen LogP contribution < -0.4 is 4.72 Å². The van der Waals surface area contributed by atoms with Crippen LogP contribution in [0.25, 0.3) is 0 Å². The number of anilines is 1. The lowest BCUT2D eigenvalue weighted by molar-refractivity contribution is -0.134. The topological polar surface area (TPSA) is 107 Å². The first-order chi connectivity index (χ1) is 9.43. The number of fused-ring (bicyclic) bond motifs is 1. The number of carbonyl (C=O) groups is 1. The van der Waals surface area contributed by atoms with Crippen LogP contribution in [0.4, 0.5) is 5.00 Å². The molecule has 108 valence electrons. The molecule has 0 saturated carbocycles. The summed E-state index contributed by atoms with van der Waals surface area (Å²) in [5, 5.41) is 18.1. The van der Waals surface area contributed by atoms with Gasteiger partial charge in [0.25, 0.3) is 0 Å². The number of nitriles is 1. The molecule has 0 unspecified atom stereocenters. The van der Waals surface area contributed by atoms with Gasteiger partial charge in [0.05, 0.1) is 5.56 Å². The van der Waals surface area contributed by atoms with Gasteiger partial charge in [0.1, 0.15) is 11.1 Å². The molecule has 2 N–H and O–H groups in total. The van der Waals surface area contributed by atoms with Gasteiger partial charge < -0.3 is 5.11 Å². The maximum atomic E-state index is 11.7. The molecule has 8 heteroatoms. The lowest BCUT2D eigenvalue weighted by atomic mass is 10.1. The summed E-state index contributed by atoms with van der Waals surface area (Å²) in [7, 11) is -3.97. The van der Waals surface area contributed by atoms with Gasteiger partial charge in [-0.25, -0.2) is 8.42 Å². The van der Waals surface area contributed by atoms with Crippen molar-refractivity contribution in [3.63, 3.8) is 0 Å². The predicted molar refractivity (Wildman–Crippen MR) is 75.3 cm³/mol. The number of nitrogens with one attached hydrogen (secondary N) is 1. The van der Waals surface area contributed by atoms with Crippen LogP contribution >= 0.6 is 11.3 Å². The number of hydrogen-bond donors (Lipinski definition) is 2. The van der Waals surface area contributed by atoms with Gasteiger partial charge in [-0.05, 0) is 31.2 Å². The lowest BCUT2D eigenvalue weighted by Gasteiger charge is -2.04. The zero-order valence-corrected chi connectivity index (χ0v) is 12.3. The number of carboxylic acid groups (broad SMARTS) is 1. The number of hydrogen-bond acceptors (Lipinski definition) is 5. The van der Waals surface area contributed by atoms with E-state index >= 15 is 0 Å². The zero-order valence-electron chi connectivity index (χ0n) is 10.7. The fourth-order valence-electron chi connectivity index (χ4n) is 2.27. The maximum Gasteiger partial charge on any atom is 0.320 e. The summed E-state index contributed by atoms with van der Waals surface area (Å²) in [6.07, 6.45) is 4.73.